The van der Waals surface area contributed by atoms with Crippen molar-refractivity contribution in [2.45, 2.75) is 54.9 Å². The highest BCUT2D eigenvalue weighted by molar-refractivity contribution is 7.89. The van der Waals surface area contributed by atoms with E-state index in [1.54, 1.807) is 17.1 Å². The molecule has 3 heterocycles. The highest BCUT2D eigenvalue weighted by Crippen LogP contribution is 2.45. The Morgan fingerprint density at radius 1 is 1.04 bits per heavy atom. The maximum Gasteiger partial charge on any atom is 0.417 e. The van der Waals surface area contributed by atoms with Crippen LogP contribution in [-0.2, 0) is 16.2 Å². The van der Waals surface area contributed by atoms with E-state index in [4.69, 9.17) is 0 Å². The predicted octanol–water partition coefficient (Wildman–Crippen LogP) is 2.85. The number of benzene rings is 1. The van der Waals surface area contributed by atoms with Crippen molar-refractivity contribution in [1.82, 2.24) is 19.3 Å². The molecule has 2 aromatic rings. The van der Waals surface area contributed by atoms with Gasteiger partial charge in [0.25, 0.3) is 0 Å². The second-order valence-corrected chi connectivity index (χ2v) is 8.53. The standard InChI is InChI=1S/C16H17F3N4O2S/c17-16(18,19)14-3-1-2-4-15(14)26(24,25)23-11-5-6-12(23)10-13(9-11)22-8-7-20-21-22/h1-4,7-8,11-13H,5-6,9-10H2. The van der Waals surface area contributed by atoms with E-state index in [9.17, 15) is 21.6 Å². The van der Waals surface area contributed by atoms with Gasteiger partial charge < -0.3 is 0 Å². The van der Waals surface area contributed by atoms with Crippen molar-refractivity contribution in [2.24, 2.45) is 0 Å². The minimum Gasteiger partial charge on any atom is -0.249 e. The van der Waals surface area contributed by atoms with Crippen LogP contribution in [0.25, 0.3) is 0 Å². The van der Waals surface area contributed by atoms with Crippen LogP contribution in [0.4, 0.5) is 13.2 Å². The van der Waals surface area contributed by atoms with E-state index in [2.05, 4.69) is 10.3 Å². The van der Waals surface area contributed by atoms with Crippen molar-refractivity contribution in [1.29, 1.82) is 0 Å². The summed E-state index contributed by atoms with van der Waals surface area (Å²) >= 11 is 0. The molecule has 4 rings (SSSR count). The highest BCUT2D eigenvalue weighted by atomic mass is 32.2. The predicted molar refractivity (Wildman–Crippen MR) is 85.6 cm³/mol. The summed E-state index contributed by atoms with van der Waals surface area (Å²) in [7, 11) is -4.24. The van der Waals surface area contributed by atoms with Crippen LogP contribution < -0.4 is 0 Å². The Kier molecular flexibility index (Phi) is 4.07. The van der Waals surface area contributed by atoms with Gasteiger partial charge in [0, 0.05) is 18.3 Å². The normalized spacial score (nSPS) is 27.0. The smallest absolute Gasteiger partial charge is 0.249 e. The molecule has 2 atom stereocenters. The number of sulfonamides is 1. The lowest BCUT2D eigenvalue weighted by atomic mass is 10.00. The molecular weight excluding hydrogens is 369 g/mol. The van der Waals surface area contributed by atoms with Crippen molar-refractivity contribution >= 4 is 10.0 Å². The van der Waals surface area contributed by atoms with Crippen molar-refractivity contribution in [3.8, 4) is 0 Å². The Balaban J connectivity index is 1.69. The zero-order valence-electron chi connectivity index (χ0n) is 13.7. The average molecular weight is 386 g/mol. The molecule has 10 heteroatoms. The summed E-state index contributed by atoms with van der Waals surface area (Å²) in [6, 6.07) is 3.75. The minimum atomic E-state index is -4.72. The Hall–Kier alpha value is -1.94. The molecule has 6 nitrogen and oxygen atoms in total. The summed E-state index contributed by atoms with van der Waals surface area (Å²) in [4.78, 5) is -0.663. The Bertz CT molecular complexity index is 884. The van der Waals surface area contributed by atoms with Gasteiger partial charge in [-0.2, -0.15) is 17.5 Å². The van der Waals surface area contributed by atoms with Crippen molar-refractivity contribution < 1.29 is 21.6 Å². The number of halogens is 3. The fraction of sp³-hybridized carbons (Fsp3) is 0.500. The molecule has 2 unspecified atom stereocenters. The van der Waals surface area contributed by atoms with Crippen LogP contribution in [0.15, 0.2) is 41.6 Å². The fourth-order valence-electron chi connectivity index (χ4n) is 4.17. The first-order valence-corrected chi connectivity index (χ1v) is 9.78. The zero-order valence-corrected chi connectivity index (χ0v) is 14.5. The molecule has 0 N–H and O–H groups in total. The van der Waals surface area contributed by atoms with Gasteiger partial charge in [-0.3, -0.25) is 0 Å². The van der Waals surface area contributed by atoms with Crippen LogP contribution >= 0.6 is 0 Å². The Labute approximate surface area is 148 Å². The van der Waals surface area contributed by atoms with E-state index in [1.165, 1.54) is 16.4 Å². The van der Waals surface area contributed by atoms with Crippen LogP contribution in [0.2, 0.25) is 0 Å². The molecule has 0 spiro atoms. The minimum absolute atomic E-state index is 0.0132. The molecule has 2 saturated heterocycles. The average Bonchev–Trinajstić information content (AvgIpc) is 3.21. The maximum atomic E-state index is 13.3. The molecule has 0 amide bonds. The lowest BCUT2D eigenvalue weighted by Crippen LogP contribution is -2.47. The number of rotatable bonds is 3. The van der Waals surface area contributed by atoms with E-state index in [-0.39, 0.29) is 18.1 Å². The first kappa shape index (κ1) is 17.5. The van der Waals surface area contributed by atoms with E-state index >= 15 is 0 Å². The third-order valence-corrected chi connectivity index (χ3v) is 7.27. The summed E-state index contributed by atoms with van der Waals surface area (Å²) in [6.45, 7) is 0. The first-order chi connectivity index (χ1) is 12.3. The van der Waals surface area contributed by atoms with Crippen LogP contribution in [0.3, 0.4) is 0 Å². The Morgan fingerprint density at radius 3 is 2.27 bits per heavy atom. The third-order valence-electron chi connectivity index (χ3n) is 5.20. The number of nitrogens with zero attached hydrogens (tertiary/aromatic N) is 4. The molecule has 0 aliphatic carbocycles. The number of fused-ring (bicyclic) bond motifs is 2. The van der Waals surface area contributed by atoms with Gasteiger partial charge in [-0.25, -0.2) is 13.1 Å². The lowest BCUT2D eigenvalue weighted by Gasteiger charge is -2.38. The summed E-state index contributed by atoms with van der Waals surface area (Å²) in [5, 5.41) is 7.76. The van der Waals surface area contributed by atoms with Gasteiger partial charge >= 0.3 is 6.18 Å². The van der Waals surface area contributed by atoms with E-state index < -0.39 is 26.7 Å². The SMILES string of the molecule is O=S(=O)(c1ccccc1C(F)(F)F)N1C2CCC1CC(n1ccnn1)C2. The summed E-state index contributed by atoms with van der Waals surface area (Å²) < 4.78 is 69.1. The molecule has 140 valence electrons. The monoisotopic (exact) mass is 386 g/mol. The summed E-state index contributed by atoms with van der Waals surface area (Å²) in [6.07, 6.45) is 0.896. The molecule has 1 aromatic carbocycles. The number of hydrogen-bond acceptors (Lipinski definition) is 4. The Morgan fingerprint density at radius 2 is 1.69 bits per heavy atom. The molecule has 1 aromatic heterocycles. The largest absolute Gasteiger partial charge is 0.417 e. The zero-order chi connectivity index (χ0) is 18.5. The van der Waals surface area contributed by atoms with Crippen LogP contribution in [-0.4, -0.2) is 39.8 Å². The van der Waals surface area contributed by atoms with Gasteiger partial charge in [-0.1, -0.05) is 17.3 Å². The van der Waals surface area contributed by atoms with Crippen LogP contribution in [0, 0.1) is 0 Å². The number of alkyl halides is 3. The van der Waals surface area contributed by atoms with Gasteiger partial charge in [-0.05, 0) is 37.8 Å². The molecule has 0 saturated carbocycles. The van der Waals surface area contributed by atoms with E-state index in [0.29, 0.717) is 25.7 Å². The van der Waals surface area contributed by atoms with E-state index in [0.717, 1.165) is 12.1 Å². The molecule has 26 heavy (non-hydrogen) atoms. The maximum absolute atomic E-state index is 13.3. The summed E-state index contributed by atoms with van der Waals surface area (Å²) in [5.41, 5.74) is -1.11. The third kappa shape index (κ3) is 2.81. The fourth-order valence-corrected chi connectivity index (χ4v) is 6.27. The van der Waals surface area contributed by atoms with E-state index in [1.807, 2.05) is 0 Å². The molecule has 2 fully saturated rings. The number of aromatic nitrogens is 3. The van der Waals surface area contributed by atoms with Gasteiger partial charge in [0.2, 0.25) is 10.0 Å². The lowest BCUT2D eigenvalue weighted by molar-refractivity contribution is -0.139. The molecule has 0 radical (unpaired) electrons. The van der Waals surface area contributed by atoms with Gasteiger partial charge in [-0.15, -0.1) is 5.10 Å². The molecule has 2 bridgehead atoms. The molecule has 2 aliphatic heterocycles. The summed E-state index contributed by atoms with van der Waals surface area (Å²) in [5.74, 6) is 0. The first-order valence-electron chi connectivity index (χ1n) is 8.34. The van der Waals surface area contributed by atoms with Gasteiger partial charge in [0.15, 0.2) is 0 Å². The van der Waals surface area contributed by atoms with Crippen molar-refractivity contribution in [3.05, 3.63) is 42.2 Å². The second kappa shape index (κ2) is 6.05. The molecule has 2 aliphatic rings. The quantitative estimate of drug-likeness (QED) is 0.814. The number of hydrogen-bond donors (Lipinski definition) is 0. The van der Waals surface area contributed by atoms with Crippen LogP contribution in [0.1, 0.15) is 37.3 Å². The molecular formula is C16H17F3N4O2S. The van der Waals surface area contributed by atoms with Crippen LogP contribution in [0.5, 0.6) is 0 Å². The van der Waals surface area contributed by atoms with Gasteiger partial charge in [0.05, 0.1) is 22.7 Å². The van der Waals surface area contributed by atoms with Crippen molar-refractivity contribution in [3.63, 3.8) is 0 Å². The number of piperidine rings is 1. The van der Waals surface area contributed by atoms with Gasteiger partial charge in [0.1, 0.15) is 0 Å². The van der Waals surface area contributed by atoms with Crippen molar-refractivity contribution in [2.75, 3.05) is 0 Å². The second-order valence-electron chi connectivity index (χ2n) is 6.72. The topological polar surface area (TPSA) is 68.1 Å². The highest BCUT2D eigenvalue weighted by Gasteiger charge is 2.49.